The van der Waals surface area contributed by atoms with Crippen LogP contribution in [-0.4, -0.2) is 22.5 Å². The summed E-state index contributed by atoms with van der Waals surface area (Å²) < 4.78 is 29.3. The van der Waals surface area contributed by atoms with Crippen LogP contribution in [0.3, 0.4) is 0 Å². The fraction of sp³-hybridized carbons (Fsp3) is 1.00. The minimum atomic E-state index is -3.31. The molecule has 0 radical (unpaired) electrons. The second kappa shape index (κ2) is 6.76. The van der Waals surface area contributed by atoms with E-state index >= 15 is 0 Å². The van der Waals surface area contributed by atoms with Gasteiger partial charge in [-0.05, 0) is 24.1 Å². The summed E-state index contributed by atoms with van der Waals surface area (Å²) in [4.78, 5) is 0. The minimum Gasteiger partial charge on any atom is -0.314 e. The molecule has 0 N–H and O–H groups in total. The Morgan fingerprint density at radius 1 is 1.12 bits per heavy atom. The zero-order valence-corrected chi connectivity index (χ0v) is 13.1. The first-order valence-corrected chi connectivity index (χ1v) is 10.2. The molecule has 0 aliphatic rings. The van der Waals surface area contributed by atoms with Gasteiger partial charge in [0.25, 0.3) is 10.1 Å². The van der Waals surface area contributed by atoms with E-state index in [4.69, 9.17) is 3.87 Å². The Hall–Kier alpha value is 0.127. The Bertz CT molecular complexity index is 282. The summed E-state index contributed by atoms with van der Waals surface area (Å²) in [6.45, 7) is 10.2. The van der Waals surface area contributed by atoms with E-state index in [-0.39, 0.29) is 5.75 Å². The molecule has 98 valence electrons. The van der Waals surface area contributed by atoms with Crippen LogP contribution in [0.5, 0.6) is 0 Å². The molecule has 16 heavy (non-hydrogen) atoms. The van der Waals surface area contributed by atoms with Gasteiger partial charge in [0, 0.05) is 0 Å². The third kappa shape index (κ3) is 4.55. The molecule has 0 rings (SSSR count). The number of rotatable bonds is 8. The van der Waals surface area contributed by atoms with Crippen molar-refractivity contribution in [3.8, 4) is 0 Å². The molecule has 0 aromatic heterocycles. The lowest BCUT2D eigenvalue weighted by atomic mass is 10.4. The predicted octanol–water partition coefficient (Wildman–Crippen LogP) is 3.53. The van der Waals surface area contributed by atoms with E-state index in [1.54, 1.807) is 0 Å². The molecule has 0 spiro atoms. The fourth-order valence-corrected chi connectivity index (χ4v) is 8.74. The molecule has 0 fully saturated rings. The molecular weight excluding hydrogens is 240 g/mol. The highest BCUT2D eigenvalue weighted by molar-refractivity contribution is 7.87. The second-order valence-corrected chi connectivity index (χ2v) is 11.5. The molecule has 0 aromatic carbocycles. The third-order valence-electron chi connectivity index (χ3n) is 3.29. The zero-order valence-electron chi connectivity index (χ0n) is 11.2. The van der Waals surface area contributed by atoms with E-state index in [0.29, 0.717) is 12.0 Å². The third-order valence-corrected chi connectivity index (χ3v) is 10.9. The van der Waals surface area contributed by atoms with E-state index < -0.39 is 18.4 Å². The summed E-state index contributed by atoms with van der Waals surface area (Å²) in [7, 11) is -5.40. The van der Waals surface area contributed by atoms with E-state index in [0.717, 1.165) is 18.5 Å². The molecule has 0 saturated carbocycles. The summed E-state index contributed by atoms with van der Waals surface area (Å²) in [5.74, 6) is 0.172. The molecule has 0 saturated heterocycles. The Morgan fingerprint density at radius 2 is 1.62 bits per heavy atom. The SMILES string of the molecule is CCCCS(=O)(=O)O[Si](CC)(CC)C(C)C. The Balaban J connectivity index is 4.75. The number of hydrogen-bond acceptors (Lipinski definition) is 3. The van der Waals surface area contributed by atoms with Gasteiger partial charge in [0.05, 0.1) is 5.75 Å². The average molecular weight is 266 g/mol. The van der Waals surface area contributed by atoms with Crippen LogP contribution in [0.25, 0.3) is 0 Å². The first-order chi connectivity index (χ1) is 7.33. The van der Waals surface area contributed by atoms with Crippen LogP contribution in [-0.2, 0) is 14.0 Å². The van der Waals surface area contributed by atoms with Crippen LogP contribution in [0.4, 0.5) is 0 Å². The van der Waals surface area contributed by atoms with Crippen LogP contribution in [0.1, 0.15) is 47.5 Å². The van der Waals surface area contributed by atoms with Crippen LogP contribution >= 0.6 is 0 Å². The molecule has 0 amide bonds. The van der Waals surface area contributed by atoms with E-state index in [1.165, 1.54) is 0 Å². The molecular formula is C11H26O3SSi. The topological polar surface area (TPSA) is 43.4 Å². The minimum absolute atomic E-state index is 0.172. The molecule has 0 aliphatic heterocycles. The smallest absolute Gasteiger partial charge is 0.257 e. The first kappa shape index (κ1) is 16.1. The molecule has 0 aromatic rings. The lowest BCUT2D eigenvalue weighted by Gasteiger charge is -2.32. The van der Waals surface area contributed by atoms with Gasteiger partial charge in [-0.25, -0.2) is 8.42 Å². The summed E-state index contributed by atoms with van der Waals surface area (Å²) >= 11 is 0. The van der Waals surface area contributed by atoms with Gasteiger partial charge in [0.1, 0.15) is 0 Å². The summed E-state index contributed by atoms with van der Waals surface area (Å²) in [6.07, 6.45) is 1.58. The normalized spacial score (nSPS) is 13.4. The maximum Gasteiger partial charge on any atom is 0.257 e. The Labute approximate surface area is 102 Å². The zero-order chi connectivity index (χ0) is 12.8. The lowest BCUT2D eigenvalue weighted by Crippen LogP contribution is -2.42. The van der Waals surface area contributed by atoms with Gasteiger partial charge in [-0.1, -0.05) is 41.0 Å². The van der Waals surface area contributed by atoms with Gasteiger partial charge in [-0.2, -0.15) is 0 Å². The molecule has 0 unspecified atom stereocenters. The number of unbranched alkanes of at least 4 members (excludes halogenated alkanes) is 1. The summed E-state index contributed by atoms with van der Waals surface area (Å²) in [5, 5.41) is 0. The average Bonchev–Trinajstić information content (AvgIpc) is 2.23. The fourth-order valence-electron chi connectivity index (χ4n) is 1.90. The molecule has 3 nitrogen and oxygen atoms in total. The maximum absolute atomic E-state index is 11.8. The monoisotopic (exact) mass is 266 g/mol. The molecule has 0 aliphatic carbocycles. The molecule has 0 atom stereocenters. The van der Waals surface area contributed by atoms with Crippen molar-refractivity contribution >= 4 is 18.4 Å². The van der Waals surface area contributed by atoms with Gasteiger partial charge in [0.15, 0.2) is 0 Å². The Morgan fingerprint density at radius 3 is 1.94 bits per heavy atom. The Kier molecular flexibility index (Phi) is 6.82. The van der Waals surface area contributed by atoms with Crippen LogP contribution in [0.15, 0.2) is 0 Å². The van der Waals surface area contributed by atoms with Crippen LogP contribution < -0.4 is 0 Å². The predicted molar refractivity (Wildman–Crippen MR) is 71.6 cm³/mol. The van der Waals surface area contributed by atoms with Crippen molar-refractivity contribution < 1.29 is 12.3 Å². The summed E-state index contributed by atoms with van der Waals surface area (Å²) in [6, 6.07) is 1.74. The van der Waals surface area contributed by atoms with Gasteiger partial charge in [-0.3, -0.25) is 0 Å². The van der Waals surface area contributed by atoms with Gasteiger partial charge < -0.3 is 3.87 Å². The first-order valence-electron chi connectivity index (χ1n) is 6.26. The number of hydrogen-bond donors (Lipinski definition) is 0. The van der Waals surface area contributed by atoms with Gasteiger partial charge in [-0.15, -0.1) is 0 Å². The maximum atomic E-state index is 11.8. The van der Waals surface area contributed by atoms with Gasteiger partial charge >= 0.3 is 0 Å². The second-order valence-electron chi connectivity index (χ2n) is 4.63. The standard InChI is InChI=1S/C11H26O3SSi/c1-6-9-10-15(12,13)14-16(7-2,8-3)11(4)5/h11H,6-10H2,1-5H3. The van der Waals surface area contributed by atoms with Crippen LogP contribution in [0, 0.1) is 0 Å². The van der Waals surface area contributed by atoms with Crippen molar-refractivity contribution in [1.82, 2.24) is 0 Å². The molecule has 0 heterocycles. The molecule has 5 heteroatoms. The highest BCUT2D eigenvalue weighted by Crippen LogP contribution is 2.31. The van der Waals surface area contributed by atoms with Gasteiger partial charge in [0.2, 0.25) is 8.32 Å². The van der Waals surface area contributed by atoms with Crippen molar-refractivity contribution in [2.24, 2.45) is 0 Å². The van der Waals surface area contributed by atoms with Crippen molar-refractivity contribution in [3.05, 3.63) is 0 Å². The van der Waals surface area contributed by atoms with Crippen LogP contribution in [0.2, 0.25) is 17.6 Å². The largest absolute Gasteiger partial charge is 0.314 e. The van der Waals surface area contributed by atoms with Crippen molar-refractivity contribution in [2.45, 2.75) is 65.1 Å². The van der Waals surface area contributed by atoms with Crippen molar-refractivity contribution in [1.29, 1.82) is 0 Å². The molecule has 0 bridgehead atoms. The highest BCUT2D eigenvalue weighted by Gasteiger charge is 2.39. The van der Waals surface area contributed by atoms with Crippen molar-refractivity contribution in [3.63, 3.8) is 0 Å². The van der Waals surface area contributed by atoms with E-state index in [2.05, 4.69) is 13.8 Å². The van der Waals surface area contributed by atoms with Crippen molar-refractivity contribution in [2.75, 3.05) is 5.75 Å². The van der Waals surface area contributed by atoms with E-state index in [1.807, 2.05) is 20.8 Å². The summed E-state index contributed by atoms with van der Waals surface area (Å²) in [5.41, 5.74) is 0.346. The lowest BCUT2D eigenvalue weighted by molar-refractivity contribution is 0.464. The quantitative estimate of drug-likeness (QED) is 0.631. The van der Waals surface area contributed by atoms with E-state index in [9.17, 15) is 8.42 Å². The highest BCUT2D eigenvalue weighted by atomic mass is 32.2.